The summed E-state index contributed by atoms with van der Waals surface area (Å²) in [5.41, 5.74) is 3.07. The minimum absolute atomic E-state index is 0.0582. The molecule has 4 rings (SSSR count). The van der Waals surface area contributed by atoms with E-state index in [1.54, 1.807) is 14.2 Å². The molecule has 0 fully saturated rings. The smallest absolute Gasteiger partial charge is 0.258 e. The molecule has 1 amide bonds. The molecule has 2 aromatic rings. The number of benzene rings is 2. The van der Waals surface area contributed by atoms with Crippen LogP contribution in [0.15, 0.2) is 58.6 Å². The fraction of sp³-hybridized carbons (Fsp3) is 0.250. The third-order valence-corrected chi connectivity index (χ3v) is 5.48. The Bertz CT molecular complexity index is 927. The molecule has 2 aromatic carbocycles. The van der Waals surface area contributed by atoms with Gasteiger partial charge < -0.3 is 9.47 Å². The Morgan fingerprint density at radius 3 is 2.52 bits per heavy atom. The van der Waals surface area contributed by atoms with Gasteiger partial charge in [-0.1, -0.05) is 48.2 Å². The summed E-state index contributed by atoms with van der Waals surface area (Å²) in [6, 6.07) is 15.9. The molecular weight excluding hydrogens is 362 g/mol. The number of rotatable bonds is 4. The molecule has 0 bridgehead atoms. The summed E-state index contributed by atoms with van der Waals surface area (Å²) in [6.07, 6.45) is 0.716. The second kappa shape index (κ2) is 7.44. The maximum Gasteiger partial charge on any atom is 0.258 e. The molecule has 1 unspecified atom stereocenters. The van der Waals surface area contributed by atoms with Crippen molar-refractivity contribution < 1.29 is 14.3 Å². The first-order chi connectivity index (χ1) is 13.2. The molecule has 0 spiro atoms. The van der Waals surface area contributed by atoms with Crippen molar-refractivity contribution in [1.82, 2.24) is 5.01 Å². The maximum atomic E-state index is 11.7. The van der Waals surface area contributed by atoms with Crippen LogP contribution in [0.1, 0.15) is 23.6 Å². The number of hydrazone groups is 1. The van der Waals surface area contributed by atoms with Crippen molar-refractivity contribution in [3.63, 3.8) is 0 Å². The molecule has 0 radical (unpaired) electrons. The average molecular weight is 381 g/mol. The van der Waals surface area contributed by atoms with E-state index < -0.39 is 0 Å². The van der Waals surface area contributed by atoms with E-state index >= 15 is 0 Å². The lowest BCUT2D eigenvalue weighted by molar-refractivity contribution is -0.115. The van der Waals surface area contributed by atoms with Crippen LogP contribution in [0.25, 0.3) is 0 Å². The van der Waals surface area contributed by atoms with Crippen LogP contribution in [-0.4, -0.2) is 41.8 Å². The standard InChI is InChI=1S/C20H19N3O3S/c1-25-17-9-8-14(10-18(17)26-2)16-11-15(13-6-4-3-5-7-13)22-23(16)20-21-19(24)12-27-20/h3-10,16H,11-12H2,1-2H3. The Labute approximate surface area is 161 Å². The largest absolute Gasteiger partial charge is 0.493 e. The summed E-state index contributed by atoms with van der Waals surface area (Å²) in [4.78, 5) is 15.8. The van der Waals surface area contributed by atoms with E-state index in [1.807, 2.05) is 53.5 Å². The van der Waals surface area contributed by atoms with E-state index in [4.69, 9.17) is 14.6 Å². The summed E-state index contributed by atoms with van der Waals surface area (Å²) in [5, 5.41) is 7.31. The second-order valence-corrected chi connectivity index (χ2v) is 7.11. The molecule has 0 N–H and O–H groups in total. The average Bonchev–Trinajstić information content (AvgIpc) is 3.34. The highest BCUT2D eigenvalue weighted by atomic mass is 32.2. The van der Waals surface area contributed by atoms with Crippen molar-refractivity contribution in [1.29, 1.82) is 0 Å². The molecule has 0 saturated heterocycles. The lowest BCUT2D eigenvalue weighted by atomic mass is 9.98. The Morgan fingerprint density at radius 2 is 1.85 bits per heavy atom. The number of hydrogen-bond donors (Lipinski definition) is 0. The van der Waals surface area contributed by atoms with Crippen LogP contribution < -0.4 is 9.47 Å². The number of ether oxygens (including phenoxy) is 2. The number of carbonyl (C=O) groups excluding carboxylic acids is 1. The van der Waals surface area contributed by atoms with Crippen molar-refractivity contribution in [2.24, 2.45) is 10.1 Å². The number of hydrogen-bond acceptors (Lipinski definition) is 6. The number of aliphatic imine (C=N–C) groups is 1. The predicted molar refractivity (Wildman–Crippen MR) is 107 cm³/mol. The first-order valence-corrected chi connectivity index (χ1v) is 9.56. The monoisotopic (exact) mass is 381 g/mol. The SMILES string of the molecule is COc1ccc(C2CC(c3ccccc3)=NN2C2=NC(=O)CS2)cc1OC. The van der Waals surface area contributed by atoms with Crippen LogP contribution >= 0.6 is 11.8 Å². The summed E-state index contributed by atoms with van der Waals surface area (Å²) in [7, 11) is 3.24. The van der Waals surface area contributed by atoms with Gasteiger partial charge in [-0.05, 0) is 23.3 Å². The number of methoxy groups -OCH3 is 2. The van der Waals surface area contributed by atoms with Crippen molar-refractivity contribution in [2.45, 2.75) is 12.5 Å². The van der Waals surface area contributed by atoms with E-state index in [0.29, 0.717) is 28.8 Å². The highest BCUT2D eigenvalue weighted by Gasteiger charge is 2.35. The maximum absolute atomic E-state index is 11.7. The molecule has 1 atom stereocenters. The van der Waals surface area contributed by atoms with Crippen molar-refractivity contribution in [3.05, 3.63) is 59.7 Å². The van der Waals surface area contributed by atoms with E-state index in [2.05, 4.69) is 4.99 Å². The zero-order valence-electron chi connectivity index (χ0n) is 15.1. The highest BCUT2D eigenvalue weighted by Crippen LogP contribution is 2.39. The van der Waals surface area contributed by atoms with Gasteiger partial charge in [0.25, 0.3) is 5.91 Å². The third kappa shape index (κ3) is 3.42. The van der Waals surface area contributed by atoms with Crippen molar-refractivity contribution in [2.75, 3.05) is 20.0 Å². The third-order valence-electron chi connectivity index (χ3n) is 4.55. The van der Waals surface area contributed by atoms with Crippen LogP contribution in [-0.2, 0) is 4.79 Å². The van der Waals surface area contributed by atoms with Crippen LogP contribution in [0, 0.1) is 0 Å². The first-order valence-electron chi connectivity index (χ1n) is 8.58. The van der Waals surface area contributed by atoms with Gasteiger partial charge in [0.1, 0.15) is 0 Å². The van der Waals surface area contributed by atoms with Gasteiger partial charge >= 0.3 is 0 Å². The topological polar surface area (TPSA) is 63.5 Å². The molecule has 0 aliphatic carbocycles. The fourth-order valence-electron chi connectivity index (χ4n) is 3.23. The normalized spacial score (nSPS) is 19.1. The minimum atomic E-state index is -0.121. The molecule has 0 aromatic heterocycles. The van der Waals surface area contributed by atoms with Crippen molar-refractivity contribution >= 4 is 28.5 Å². The summed E-state index contributed by atoms with van der Waals surface area (Å²) in [6.45, 7) is 0. The Kier molecular flexibility index (Phi) is 4.85. The highest BCUT2D eigenvalue weighted by molar-refractivity contribution is 8.14. The van der Waals surface area contributed by atoms with Crippen LogP contribution in [0.2, 0.25) is 0 Å². The molecule has 7 heteroatoms. The molecule has 0 saturated carbocycles. The van der Waals surface area contributed by atoms with Gasteiger partial charge in [-0.2, -0.15) is 10.1 Å². The lowest BCUT2D eigenvalue weighted by Gasteiger charge is -2.23. The predicted octanol–water partition coefficient (Wildman–Crippen LogP) is 3.48. The quantitative estimate of drug-likeness (QED) is 0.811. The zero-order valence-corrected chi connectivity index (χ0v) is 15.9. The molecule has 138 valence electrons. The van der Waals surface area contributed by atoms with Gasteiger partial charge in [0.05, 0.1) is 31.7 Å². The molecule has 27 heavy (non-hydrogen) atoms. The number of thioether (sulfide) groups is 1. The number of amides is 1. The Morgan fingerprint density at radius 1 is 1.07 bits per heavy atom. The molecule has 2 aliphatic rings. The van der Waals surface area contributed by atoms with E-state index in [9.17, 15) is 4.79 Å². The fourth-order valence-corrected chi connectivity index (χ4v) is 4.01. The first kappa shape index (κ1) is 17.6. The number of carbonyl (C=O) groups is 1. The van der Waals surface area contributed by atoms with E-state index in [0.717, 1.165) is 16.8 Å². The van der Waals surface area contributed by atoms with Crippen molar-refractivity contribution in [3.8, 4) is 11.5 Å². The van der Waals surface area contributed by atoms with Crippen LogP contribution in [0.4, 0.5) is 0 Å². The Balaban J connectivity index is 1.73. The van der Waals surface area contributed by atoms with Gasteiger partial charge in [-0.15, -0.1) is 0 Å². The van der Waals surface area contributed by atoms with Gasteiger partial charge in [-0.3, -0.25) is 4.79 Å². The number of nitrogens with zero attached hydrogens (tertiary/aromatic N) is 3. The van der Waals surface area contributed by atoms with Gasteiger partial charge in [0, 0.05) is 6.42 Å². The lowest BCUT2D eigenvalue weighted by Crippen LogP contribution is -2.23. The minimum Gasteiger partial charge on any atom is -0.493 e. The van der Waals surface area contributed by atoms with Gasteiger partial charge in [0.15, 0.2) is 16.7 Å². The van der Waals surface area contributed by atoms with E-state index in [1.165, 1.54) is 11.8 Å². The second-order valence-electron chi connectivity index (χ2n) is 6.17. The number of amidine groups is 1. The molecule has 2 aliphatic heterocycles. The van der Waals surface area contributed by atoms with Crippen LogP contribution in [0.5, 0.6) is 11.5 Å². The summed E-state index contributed by atoms with van der Waals surface area (Å²) >= 11 is 1.42. The molecule has 6 nitrogen and oxygen atoms in total. The summed E-state index contributed by atoms with van der Waals surface area (Å²) in [5.74, 6) is 1.59. The van der Waals surface area contributed by atoms with E-state index in [-0.39, 0.29) is 11.9 Å². The molecular formula is C20H19N3O3S. The van der Waals surface area contributed by atoms with Gasteiger partial charge in [-0.25, -0.2) is 5.01 Å². The van der Waals surface area contributed by atoms with Gasteiger partial charge in [0.2, 0.25) is 0 Å². The zero-order chi connectivity index (χ0) is 18.8. The summed E-state index contributed by atoms with van der Waals surface area (Å²) < 4.78 is 10.8. The van der Waals surface area contributed by atoms with Crippen LogP contribution in [0.3, 0.4) is 0 Å². The Hall–Kier alpha value is -2.80. The molecule has 2 heterocycles.